The van der Waals surface area contributed by atoms with Crippen LogP contribution < -0.4 is 9.64 Å². The van der Waals surface area contributed by atoms with E-state index in [-0.39, 0.29) is 34.9 Å². The number of amides is 2. The lowest BCUT2D eigenvalue weighted by atomic mass is 9.51. The number of pyridine rings is 1. The third-order valence-electron chi connectivity index (χ3n) is 12.1. The van der Waals surface area contributed by atoms with Crippen molar-refractivity contribution in [3.8, 4) is 11.4 Å². The normalized spacial score (nSPS) is 26.8. The highest BCUT2D eigenvalue weighted by atomic mass is 16.6. The Hall–Kier alpha value is -3.92. The van der Waals surface area contributed by atoms with Gasteiger partial charge in [-0.25, -0.2) is 14.8 Å². The number of imidazole rings is 1. The number of aliphatic hydroxyl groups is 1. The van der Waals surface area contributed by atoms with Crippen molar-refractivity contribution in [2.24, 2.45) is 11.3 Å². The maximum atomic E-state index is 14.6. The minimum absolute atomic E-state index is 0.0466. The quantitative estimate of drug-likeness (QED) is 0.270. The summed E-state index contributed by atoms with van der Waals surface area (Å²) in [5.74, 6) is 1.91. The standard InChI is InChI=1S/C39H51N5O5/c1-26(2)33-23-43(25-41-33)30-11-18-40-35(20-30)44(36(46)28-5-8-32(9-6-28)49-37(47)42-21-31(45)22-42)24-38-12-15-39(16-13-38,17-14-38)29-7-10-34(48-4)27(3)19-29/h7,10-11,18-20,23,25-26,28,31-32,45H,5-6,8-9,12-17,21-22,24H2,1-4H3. The summed E-state index contributed by atoms with van der Waals surface area (Å²) in [6.45, 7) is 7.71. The Labute approximate surface area is 289 Å². The summed E-state index contributed by atoms with van der Waals surface area (Å²) in [6.07, 6.45) is 13.9. The number of benzene rings is 1. The van der Waals surface area contributed by atoms with Crippen LogP contribution in [0.2, 0.25) is 0 Å². The molecule has 2 aromatic heterocycles. The van der Waals surface area contributed by atoms with Crippen LogP contribution in [-0.2, 0) is 14.9 Å². The number of nitrogens with zero attached hydrogens (tertiary/aromatic N) is 5. The molecule has 10 heteroatoms. The van der Waals surface area contributed by atoms with Gasteiger partial charge in [-0.3, -0.25) is 9.69 Å². The van der Waals surface area contributed by atoms with Crippen LogP contribution in [0.5, 0.6) is 5.75 Å². The molecule has 2 bridgehead atoms. The molecule has 1 aromatic carbocycles. The van der Waals surface area contributed by atoms with Crippen LogP contribution in [0.4, 0.5) is 10.6 Å². The number of hydrogen-bond acceptors (Lipinski definition) is 7. The zero-order chi connectivity index (χ0) is 34.3. The lowest BCUT2D eigenvalue weighted by Gasteiger charge is -2.55. The summed E-state index contributed by atoms with van der Waals surface area (Å²) >= 11 is 0. The van der Waals surface area contributed by atoms with Crippen LogP contribution in [-0.4, -0.2) is 75.5 Å². The first kappa shape index (κ1) is 33.6. The van der Waals surface area contributed by atoms with Crippen LogP contribution >= 0.6 is 0 Å². The van der Waals surface area contributed by atoms with Gasteiger partial charge in [0.1, 0.15) is 17.7 Å². The number of aromatic nitrogens is 3. The van der Waals surface area contributed by atoms with Gasteiger partial charge in [0.2, 0.25) is 5.91 Å². The van der Waals surface area contributed by atoms with Gasteiger partial charge in [-0.05, 0) is 111 Å². The largest absolute Gasteiger partial charge is 0.496 e. The molecule has 4 aliphatic carbocycles. The number of carbonyl (C=O) groups excluding carboxylic acids is 2. The van der Waals surface area contributed by atoms with Gasteiger partial charge < -0.3 is 24.0 Å². The summed E-state index contributed by atoms with van der Waals surface area (Å²) < 4.78 is 13.3. The Balaban J connectivity index is 1.10. The molecule has 0 spiro atoms. The van der Waals surface area contributed by atoms with Gasteiger partial charge in [0.05, 0.1) is 44.0 Å². The van der Waals surface area contributed by atoms with Crippen molar-refractivity contribution in [2.45, 2.75) is 109 Å². The number of aryl methyl sites for hydroxylation is 1. The highest BCUT2D eigenvalue weighted by molar-refractivity contribution is 5.94. The summed E-state index contributed by atoms with van der Waals surface area (Å²) in [5.41, 5.74) is 4.79. The van der Waals surface area contributed by atoms with Crippen molar-refractivity contribution in [3.63, 3.8) is 0 Å². The lowest BCUT2D eigenvalue weighted by molar-refractivity contribution is -0.124. The highest BCUT2D eigenvalue weighted by Crippen LogP contribution is 2.58. The number of methoxy groups -OCH3 is 1. The van der Waals surface area contributed by atoms with E-state index in [1.165, 1.54) is 16.0 Å². The first-order valence-electron chi connectivity index (χ1n) is 18.2. The number of likely N-dealkylation sites (tertiary alicyclic amines) is 1. The maximum Gasteiger partial charge on any atom is 0.410 e. The number of aliphatic hydroxyl groups excluding tert-OH is 1. The van der Waals surface area contributed by atoms with E-state index in [9.17, 15) is 14.7 Å². The van der Waals surface area contributed by atoms with Gasteiger partial charge in [0.15, 0.2) is 0 Å². The molecule has 8 rings (SSSR count). The summed E-state index contributed by atoms with van der Waals surface area (Å²) in [7, 11) is 1.73. The molecule has 2 amide bonds. The van der Waals surface area contributed by atoms with E-state index in [0.717, 1.165) is 55.7 Å². The molecule has 262 valence electrons. The molecule has 0 radical (unpaired) electrons. The van der Waals surface area contributed by atoms with E-state index in [0.29, 0.717) is 57.1 Å². The predicted octanol–water partition coefficient (Wildman–Crippen LogP) is 6.70. The fourth-order valence-electron chi connectivity index (χ4n) is 8.71. The average Bonchev–Trinajstić information content (AvgIpc) is 3.61. The molecule has 1 N–H and O–H groups in total. The molecule has 10 nitrogen and oxygen atoms in total. The van der Waals surface area contributed by atoms with E-state index in [2.05, 4.69) is 50.2 Å². The first-order chi connectivity index (χ1) is 23.6. The summed E-state index contributed by atoms with van der Waals surface area (Å²) in [6, 6.07) is 10.7. The van der Waals surface area contributed by atoms with Crippen LogP contribution in [0, 0.1) is 18.3 Å². The van der Waals surface area contributed by atoms with Crippen LogP contribution in [0.15, 0.2) is 49.1 Å². The molecule has 0 atom stereocenters. The van der Waals surface area contributed by atoms with E-state index in [1.807, 2.05) is 27.9 Å². The van der Waals surface area contributed by atoms with E-state index < -0.39 is 6.10 Å². The van der Waals surface area contributed by atoms with Crippen molar-refractivity contribution in [1.82, 2.24) is 19.4 Å². The number of β-amino-alcohol motifs (C(OH)–C–C–N with tert-alkyl or cyclic N) is 1. The van der Waals surface area contributed by atoms with Gasteiger partial charge >= 0.3 is 6.09 Å². The van der Waals surface area contributed by atoms with Gasteiger partial charge in [-0.15, -0.1) is 0 Å². The first-order valence-corrected chi connectivity index (χ1v) is 18.2. The van der Waals surface area contributed by atoms with E-state index in [1.54, 1.807) is 13.3 Å². The monoisotopic (exact) mass is 669 g/mol. The van der Waals surface area contributed by atoms with Gasteiger partial charge in [0, 0.05) is 30.9 Å². The van der Waals surface area contributed by atoms with Gasteiger partial charge in [-0.1, -0.05) is 26.0 Å². The maximum absolute atomic E-state index is 14.6. The molecule has 0 unspecified atom stereocenters. The second kappa shape index (κ2) is 13.4. The molecule has 5 fully saturated rings. The Morgan fingerprint density at radius 3 is 2.33 bits per heavy atom. The Bertz CT molecular complexity index is 1650. The highest BCUT2D eigenvalue weighted by Gasteiger charge is 2.51. The molecule has 3 aromatic rings. The Morgan fingerprint density at radius 2 is 1.71 bits per heavy atom. The zero-order valence-electron chi connectivity index (χ0n) is 29.4. The Morgan fingerprint density at radius 1 is 1.00 bits per heavy atom. The van der Waals surface area contributed by atoms with Crippen LogP contribution in [0.25, 0.3) is 5.69 Å². The smallest absolute Gasteiger partial charge is 0.410 e. The second-order valence-corrected chi connectivity index (χ2v) is 15.5. The van der Waals surface area contributed by atoms with Crippen molar-refractivity contribution in [2.75, 3.05) is 31.6 Å². The number of hydrogen-bond donors (Lipinski definition) is 1. The van der Waals surface area contributed by atoms with Crippen molar-refractivity contribution >= 4 is 17.8 Å². The topological polar surface area (TPSA) is 110 Å². The number of rotatable bonds is 9. The lowest BCUT2D eigenvalue weighted by Crippen LogP contribution is -2.54. The number of anilines is 1. The molecular formula is C39H51N5O5. The number of carbonyl (C=O) groups is 2. The number of fused-ring (bicyclic) bond motifs is 3. The second-order valence-electron chi connectivity index (χ2n) is 15.5. The summed E-state index contributed by atoms with van der Waals surface area (Å²) in [5, 5.41) is 9.56. The fraction of sp³-hybridized carbons (Fsp3) is 0.590. The molecule has 3 heterocycles. The van der Waals surface area contributed by atoms with Crippen molar-refractivity contribution in [1.29, 1.82) is 0 Å². The van der Waals surface area contributed by atoms with Crippen LogP contribution in [0.1, 0.15) is 101 Å². The summed E-state index contributed by atoms with van der Waals surface area (Å²) in [4.78, 5) is 40.0. The molecule has 5 aliphatic rings. The third-order valence-corrected chi connectivity index (χ3v) is 12.1. The Kier molecular flexibility index (Phi) is 9.19. The van der Waals surface area contributed by atoms with Gasteiger partial charge in [-0.2, -0.15) is 0 Å². The third kappa shape index (κ3) is 6.68. The molecular weight excluding hydrogens is 618 g/mol. The number of ether oxygens (including phenoxy) is 2. The fourth-order valence-corrected chi connectivity index (χ4v) is 8.71. The van der Waals surface area contributed by atoms with E-state index in [4.69, 9.17) is 14.5 Å². The minimum Gasteiger partial charge on any atom is -0.496 e. The predicted molar refractivity (Wildman–Crippen MR) is 187 cm³/mol. The van der Waals surface area contributed by atoms with Crippen LogP contribution in [0.3, 0.4) is 0 Å². The molecule has 49 heavy (non-hydrogen) atoms. The minimum atomic E-state index is -0.458. The molecule has 4 saturated carbocycles. The molecule has 1 saturated heterocycles. The van der Waals surface area contributed by atoms with E-state index >= 15 is 0 Å². The average molecular weight is 670 g/mol. The van der Waals surface area contributed by atoms with Gasteiger partial charge in [0.25, 0.3) is 0 Å². The van der Waals surface area contributed by atoms with Crippen molar-refractivity contribution < 1.29 is 24.2 Å². The zero-order valence-corrected chi connectivity index (χ0v) is 29.4. The SMILES string of the molecule is COc1ccc(C23CCC(CN(C(=O)C4CCC(OC(=O)N5CC(O)C5)CC4)c4cc(-n5cnc(C(C)C)c5)ccn4)(CC2)CC3)cc1C. The molecule has 1 aliphatic heterocycles. The van der Waals surface area contributed by atoms with Crippen molar-refractivity contribution in [3.05, 3.63) is 65.9 Å².